The van der Waals surface area contributed by atoms with Crippen LogP contribution in [0.15, 0.2) is 22.0 Å². The number of fused-ring (bicyclic) bond motifs is 1. The van der Waals surface area contributed by atoms with Gasteiger partial charge in [0.05, 0.1) is 10.3 Å². The van der Waals surface area contributed by atoms with Crippen LogP contribution in [0.25, 0.3) is 20.2 Å². The summed E-state index contributed by atoms with van der Waals surface area (Å²) in [5.41, 5.74) is 0. The largest absolute Gasteiger partial charge is 0.333 e. The zero-order valence-electron chi connectivity index (χ0n) is 9.72. The molecule has 0 aromatic carbocycles. The molecule has 0 aliphatic heterocycles. The number of alkyl halides is 1. The summed E-state index contributed by atoms with van der Waals surface area (Å²) < 4.78 is 7.80. The summed E-state index contributed by atoms with van der Waals surface area (Å²) in [4.78, 5) is 5.39. The molecular formula is C12H11ClN2OS2. The number of thiophene rings is 2. The summed E-state index contributed by atoms with van der Waals surface area (Å²) in [6, 6.07) is 4.19. The van der Waals surface area contributed by atoms with Gasteiger partial charge < -0.3 is 4.52 Å². The molecule has 1 atom stereocenters. The molecule has 0 spiro atoms. The molecule has 18 heavy (non-hydrogen) atoms. The second-order valence-corrected chi connectivity index (χ2v) is 6.53. The number of hydrogen-bond acceptors (Lipinski definition) is 5. The first kappa shape index (κ1) is 12.1. The highest BCUT2D eigenvalue weighted by Gasteiger charge is 2.17. The molecule has 94 valence electrons. The van der Waals surface area contributed by atoms with Gasteiger partial charge in [-0.15, -0.1) is 34.3 Å². The molecule has 0 bridgehead atoms. The van der Waals surface area contributed by atoms with E-state index in [1.807, 2.05) is 0 Å². The van der Waals surface area contributed by atoms with Gasteiger partial charge in [-0.25, -0.2) is 0 Å². The number of nitrogens with zero attached hydrogens (tertiary/aromatic N) is 2. The molecule has 0 saturated heterocycles. The van der Waals surface area contributed by atoms with Crippen molar-refractivity contribution in [3.63, 3.8) is 0 Å². The molecule has 0 fully saturated rings. The monoisotopic (exact) mass is 298 g/mol. The molecule has 3 nitrogen and oxygen atoms in total. The standard InChI is InChI=1S/C12H11ClN2OS2/c1-2-3-7(13)11-14-12(16-15-11)10-6-9-8(18-10)4-5-17-9/h4-7H,2-3H2,1H3. The Labute approximate surface area is 117 Å². The molecule has 1 unspecified atom stereocenters. The van der Waals surface area contributed by atoms with E-state index < -0.39 is 0 Å². The van der Waals surface area contributed by atoms with Gasteiger partial charge in [0.1, 0.15) is 0 Å². The summed E-state index contributed by atoms with van der Waals surface area (Å²) in [5.74, 6) is 1.16. The lowest BCUT2D eigenvalue weighted by atomic mass is 10.2. The zero-order chi connectivity index (χ0) is 12.5. The van der Waals surface area contributed by atoms with Crippen molar-refractivity contribution < 1.29 is 4.52 Å². The van der Waals surface area contributed by atoms with Gasteiger partial charge in [-0.05, 0) is 23.9 Å². The lowest BCUT2D eigenvalue weighted by Crippen LogP contribution is -1.92. The molecular weight excluding hydrogens is 288 g/mol. The van der Waals surface area contributed by atoms with Crippen LogP contribution in [0, 0.1) is 0 Å². The number of rotatable bonds is 4. The second kappa shape index (κ2) is 4.99. The Morgan fingerprint density at radius 1 is 1.44 bits per heavy atom. The number of hydrogen-bond donors (Lipinski definition) is 0. The minimum absolute atomic E-state index is 0.159. The smallest absolute Gasteiger partial charge is 0.268 e. The van der Waals surface area contributed by atoms with Crippen LogP contribution >= 0.6 is 34.3 Å². The van der Waals surface area contributed by atoms with Gasteiger partial charge in [-0.2, -0.15) is 4.98 Å². The fraction of sp³-hybridized carbons (Fsp3) is 0.333. The van der Waals surface area contributed by atoms with Crippen molar-refractivity contribution in [2.24, 2.45) is 0 Å². The molecule has 6 heteroatoms. The van der Waals surface area contributed by atoms with Gasteiger partial charge in [0.2, 0.25) is 0 Å². The molecule has 3 rings (SSSR count). The van der Waals surface area contributed by atoms with E-state index in [4.69, 9.17) is 16.1 Å². The van der Waals surface area contributed by atoms with Crippen LogP contribution in [-0.2, 0) is 0 Å². The van der Waals surface area contributed by atoms with Crippen LogP contribution in [0.5, 0.6) is 0 Å². The van der Waals surface area contributed by atoms with Crippen LogP contribution in [0.1, 0.15) is 31.0 Å². The molecule has 0 saturated carbocycles. The molecule has 0 aliphatic rings. The van der Waals surface area contributed by atoms with Gasteiger partial charge in [-0.1, -0.05) is 18.5 Å². The van der Waals surface area contributed by atoms with Crippen LogP contribution in [0.2, 0.25) is 0 Å². The maximum absolute atomic E-state index is 6.19. The summed E-state index contributed by atoms with van der Waals surface area (Å²) >= 11 is 9.57. The fourth-order valence-electron chi connectivity index (χ4n) is 1.72. The minimum atomic E-state index is -0.159. The van der Waals surface area contributed by atoms with Crippen molar-refractivity contribution in [3.8, 4) is 10.8 Å². The number of aromatic nitrogens is 2. The maximum atomic E-state index is 6.19. The molecule has 0 radical (unpaired) electrons. The van der Waals surface area contributed by atoms with E-state index in [9.17, 15) is 0 Å². The van der Waals surface area contributed by atoms with Crippen LogP contribution in [-0.4, -0.2) is 10.1 Å². The van der Waals surface area contributed by atoms with E-state index >= 15 is 0 Å². The summed E-state index contributed by atoms with van der Waals surface area (Å²) in [7, 11) is 0. The van der Waals surface area contributed by atoms with Gasteiger partial charge in [0.15, 0.2) is 5.82 Å². The predicted octanol–water partition coefficient (Wildman–Crippen LogP) is 5.09. The topological polar surface area (TPSA) is 38.9 Å². The van der Waals surface area contributed by atoms with E-state index in [1.165, 1.54) is 9.40 Å². The second-order valence-electron chi connectivity index (χ2n) is 3.97. The van der Waals surface area contributed by atoms with Gasteiger partial charge in [0, 0.05) is 9.40 Å². The summed E-state index contributed by atoms with van der Waals surface area (Å²) in [6.45, 7) is 2.09. The maximum Gasteiger partial charge on any atom is 0.268 e. The third kappa shape index (κ3) is 2.18. The normalized spacial score (nSPS) is 13.2. The van der Waals surface area contributed by atoms with Crippen LogP contribution < -0.4 is 0 Å². The van der Waals surface area contributed by atoms with Gasteiger partial charge in [-0.3, -0.25) is 0 Å². The van der Waals surface area contributed by atoms with Crippen molar-refractivity contribution in [2.75, 3.05) is 0 Å². The Morgan fingerprint density at radius 2 is 2.33 bits per heavy atom. The highest BCUT2D eigenvalue weighted by Crippen LogP contribution is 2.36. The predicted molar refractivity (Wildman–Crippen MR) is 76.5 cm³/mol. The Balaban J connectivity index is 1.90. The Bertz CT molecular complexity index is 629. The first-order chi connectivity index (χ1) is 8.78. The summed E-state index contributed by atoms with van der Waals surface area (Å²) in [5, 5.41) is 5.88. The first-order valence-corrected chi connectivity index (χ1v) is 7.86. The lowest BCUT2D eigenvalue weighted by molar-refractivity contribution is 0.421. The molecule has 0 N–H and O–H groups in total. The van der Waals surface area contributed by atoms with E-state index in [1.54, 1.807) is 22.7 Å². The van der Waals surface area contributed by atoms with Crippen molar-refractivity contribution in [2.45, 2.75) is 25.1 Å². The number of halogens is 1. The SMILES string of the molecule is CCCC(Cl)c1noc(-c2cc3sccc3s2)n1. The Hall–Kier alpha value is -0.910. The molecule has 0 aliphatic carbocycles. The van der Waals surface area contributed by atoms with E-state index in [-0.39, 0.29) is 5.38 Å². The van der Waals surface area contributed by atoms with E-state index in [0.29, 0.717) is 11.7 Å². The van der Waals surface area contributed by atoms with Crippen LogP contribution in [0.3, 0.4) is 0 Å². The average Bonchev–Trinajstić information content (AvgIpc) is 3.03. The highest BCUT2D eigenvalue weighted by molar-refractivity contribution is 7.28. The van der Waals surface area contributed by atoms with E-state index in [2.05, 4.69) is 34.6 Å². The summed E-state index contributed by atoms with van der Waals surface area (Å²) in [6.07, 6.45) is 1.87. The van der Waals surface area contributed by atoms with Crippen molar-refractivity contribution in [1.29, 1.82) is 0 Å². The fourth-order valence-corrected chi connectivity index (χ4v) is 4.05. The highest BCUT2D eigenvalue weighted by atomic mass is 35.5. The van der Waals surface area contributed by atoms with Crippen molar-refractivity contribution in [1.82, 2.24) is 10.1 Å². The van der Waals surface area contributed by atoms with Gasteiger partial charge >= 0.3 is 0 Å². The minimum Gasteiger partial charge on any atom is -0.333 e. The third-order valence-electron chi connectivity index (χ3n) is 2.61. The molecule has 0 amide bonds. The Kier molecular flexibility index (Phi) is 3.37. The van der Waals surface area contributed by atoms with E-state index in [0.717, 1.165) is 17.7 Å². The third-order valence-corrected chi connectivity index (χ3v) is 5.11. The lowest BCUT2D eigenvalue weighted by Gasteiger charge is -1.99. The van der Waals surface area contributed by atoms with Crippen LogP contribution in [0.4, 0.5) is 0 Å². The molecule has 3 heterocycles. The zero-order valence-corrected chi connectivity index (χ0v) is 12.1. The van der Waals surface area contributed by atoms with Gasteiger partial charge in [0.25, 0.3) is 5.89 Å². The quantitative estimate of drug-likeness (QED) is 0.630. The Morgan fingerprint density at radius 3 is 3.11 bits per heavy atom. The molecule has 3 aromatic heterocycles. The molecule has 3 aromatic rings. The first-order valence-electron chi connectivity index (χ1n) is 5.73. The average molecular weight is 299 g/mol. The van der Waals surface area contributed by atoms with Crippen molar-refractivity contribution in [3.05, 3.63) is 23.3 Å². The van der Waals surface area contributed by atoms with Crippen molar-refractivity contribution >= 4 is 43.7 Å².